The number of ether oxygens (including phenoxy) is 1. The number of piperazine rings is 1. The third-order valence-corrected chi connectivity index (χ3v) is 7.34. The van der Waals surface area contributed by atoms with Crippen LogP contribution in [-0.4, -0.2) is 70.7 Å². The number of aromatic nitrogens is 4. The fourth-order valence-corrected chi connectivity index (χ4v) is 5.04. The number of carbonyl (C=O) groups excluding carboxylic acids is 1. The van der Waals surface area contributed by atoms with Crippen LogP contribution < -0.4 is 25.8 Å². The average molecular weight is 569 g/mol. The first-order valence-corrected chi connectivity index (χ1v) is 13.9. The Bertz CT molecular complexity index is 1710. The molecule has 1 amide bonds. The van der Waals surface area contributed by atoms with E-state index in [1.54, 1.807) is 37.6 Å². The number of likely N-dealkylation sites (N-methyl/N-ethyl adjacent to an activating group) is 1. The highest BCUT2D eigenvalue weighted by Gasteiger charge is 2.20. The first-order chi connectivity index (χ1) is 20.2. The molecule has 1 saturated heterocycles. The summed E-state index contributed by atoms with van der Waals surface area (Å²) in [6.07, 6.45) is 2.80. The number of benzene rings is 2. The predicted octanol–water partition coefficient (Wildman–Crippen LogP) is 4.24. The first kappa shape index (κ1) is 28.7. The van der Waals surface area contributed by atoms with Gasteiger partial charge < -0.3 is 25.2 Å². The van der Waals surface area contributed by atoms with E-state index in [1.165, 1.54) is 10.6 Å². The summed E-state index contributed by atoms with van der Waals surface area (Å²) in [7, 11) is 3.77. The van der Waals surface area contributed by atoms with E-state index in [4.69, 9.17) is 9.72 Å². The highest BCUT2D eigenvalue weighted by Crippen LogP contribution is 2.35. The molecule has 0 atom stereocenters. The standard InChI is InChI=1S/C31H36N8O3/c1-7-27(40)33-21-9-8-10-22(16-21)39-29-24(34-28(19(2)3)30(39)41)18-32-31(36-29)35-23-15-20(4)25(17-26(23)42-6)38-13-11-37(5)12-14-38/h7-10,15-19H,1,11-14H2,2-6H3,(H,33,40)(H,32,35,36). The molecule has 42 heavy (non-hydrogen) atoms. The van der Waals surface area contributed by atoms with Crippen molar-refractivity contribution >= 4 is 40.1 Å². The van der Waals surface area contributed by atoms with Gasteiger partial charge in [-0.25, -0.2) is 9.97 Å². The molecule has 11 nitrogen and oxygen atoms in total. The number of rotatable bonds is 8. The van der Waals surface area contributed by atoms with Crippen LogP contribution in [-0.2, 0) is 4.79 Å². The third kappa shape index (κ3) is 5.82. The van der Waals surface area contributed by atoms with Crippen molar-refractivity contribution in [2.75, 3.05) is 55.9 Å². The van der Waals surface area contributed by atoms with Crippen LogP contribution in [0.15, 0.2) is 60.0 Å². The number of nitrogens with zero attached hydrogens (tertiary/aromatic N) is 6. The van der Waals surface area contributed by atoms with Crippen molar-refractivity contribution in [1.82, 2.24) is 24.4 Å². The van der Waals surface area contributed by atoms with Gasteiger partial charge in [-0.15, -0.1) is 0 Å². The summed E-state index contributed by atoms with van der Waals surface area (Å²) in [4.78, 5) is 44.2. The van der Waals surface area contributed by atoms with Crippen LogP contribution in [0.25, 0.3) is 16.9 Å². The highest BCUT2D eigenvalue weighted by molar-refractivity contribution is 5.99. The van der Waals surface area contributed by atoms with E-state index in [0.717, 1.165) is 37.4 Å². The van der Waals surface area contributed by atoms with Gasteiger partial charge in [-0.1, -0.05) is 26.5 Å². The molecule has 0 unspecified atom stereocenters. The molecule has 0 bridgehead atoms. The van der Waals surface area contributed by atoms with Crippen molar-refractivity contribution in [1.29, 1.82) is 0 Å². The Labute approximate surface area is 244 Å². The van der Waals surface area contributed by atoms with Gasteiger partial charge in [0.15, 0.2) is 5.65 Å². The van der Waals surface area contributed by atoms with Crippen LogP contribution in [0.3, 0.4) is 0 Å². The van der Waals surface area contributed by atoms with Gasteiger partial charge in [0.25, 0.3) is 5.56 Å². The monoisotopic (exact) mass is 568 g/mol. The van der Waals surface area contributed by atoms with E-state index < -0.39 is 0 Å². The summed E-state index contributed by atoms with van der Waals surface area (Å²) in [5.74, 6) is 0.477. The molecular weight excluding hydrogens is 532 g/mol. The Morgan fingerprint density at radius 2 is 1.88 bits per heavy atom. The maximum atomic E-state index is 13.7. The number of anilines is 4. The number of aryl methyl sites for hydroxylation is 1. The van der Waals surface area contributed by atoms with Crippen LogP contribution in [0.5, 0.6) is 5.75 Å². The van der Waals surface area contributed by atoms with Crippen molar-refractivity contribution in [3.63, 3.8) is 0 Å². The maximum absolute atomic E-state index is 13.7. The Kier molecular flexibility index (Phi) is 8.21. The summed E-state index contributed by atoms with van der Waals surface area (Å²) in [5, 5.41) is 6.04. The molecule has 0 radical (unpaired) electrons. The van der Waals surface area contributed by atoms with Crippen molar-refractivity contribution < 1.29 is 9.53 Å². The van der Waals surface area contributed by atoms with E-state index in [0.29, 0.717) is 39.7 Å². The fourth-order valence-electron chi connectivity index (χ4n) is 5.04. The van der Waals surface area contributed by atoms with Gasteiger partial charge in [0.05, 0.1) is 24.7 Å². The fraction of sp³-hybridized carbons (Fsp3) is 0.323. The van der Waals surface area contributed by atoms with Crippen LogP contribution >= 0.6 is 0 Å². The summed E-state index contributed by atoms with van der Waals surface area (Å²) >= 11 is 0. The molecule has 3 heterocycles. The van der Waals surface area contributed by atoms with E-state index in [9.17, 15) is 9.59 Å². The molecule has 4 aromatic rings. The quantitative estimate of drug-likeness (QED) is 0.301. The van der Waals surface area contributed by atoms with E-state index in [2.05, 4.69) is 51.0 Å². The molecule has 5 rings (SSSR count). The number of nitrogens with one attached hydrogen (secondary N) is 2. The lowest BCUT2D eigenvalue weighted by Crippen LogP contribution is -2.44. The van der Waals surface area contributed by atoms with Gasteiger partial charge in [-0.05, 0) is 49.9 Å². The highest BCUT2D eigenvalue weighted by atomic mass is 16.5. The minimum Gasteiger partial charge on any atom is -0.494 e. The molecule has 11 heteroatoms. The second-order valence-corrected chi connectivity index (χ2v) is 10.7. The van der Waals surface area contributed by atoms with Gasteiger partial charge in [0.2, 0.25) is 11.9 Å². The smallest absolute Gasteiger partial charge is 0.278 e. The number of fused-ring (bicyclic) bond motifs is 1. The summed E-state index contributed by atoms with van der Waals surface area (Å²) < 4.78 is 7.26. The lowest BCUT2D eigenvalue weighted by atomic mass is 10.1. The van der Waals surface area contributed by atoms with E-state index >= 15 is 0 Å². The second kappa shape index (κ2) is 12.0. The lowest BCUT2D eigenvalue weighted by Gasteiger charge is -2.35. The topological polar surface area (TPSA) is 118 Å². The van der Waals surface area contributed by atoms with Gasteiger partial charge in [0.1, 0.15) is 17.0 Å². The lowest BCUT2D eigenvalue weighted by molar-refractivity contribution is -0.111. The molecule has 218 valence electrons. The van der Waals surface area contributed by atoms with Crippen molar-refractivity contribution in [3.05, 3.63) is 76.9 Å². The zero-order valence-electron chi connectivity index (χ0n) is 24.6. The largest absolute Gasteiger partial charge is 0.494 e. The Hall–Kier alpha value is -4.77. The third-order valence-electron chi connectivity index (χ3n) is 7.34. The number of methoxy groups -OCH3 is 1. The predicted molar refractivity (Wildman–Crippen MR) is 167 cm³/mol. The van der Waals surface area contributed by atoms with Crippen LogP contribution in [0.4, 0.5) is 23.0 Å². The molecule has 0 spiro atoms. The summed E-state index contributed by atoms with van der Waals surface area (Å²) in [6.45, 7) is 13.3. The number of hydrogen-bond donors (Lipinski definition) is 2. The summed E-state index contributed by atoms with van der Waals surface area (Å²) in [6, 6.07) is 11.1. The SMILES string of the molecule is C=CC(=O)Nc1cccc(-n2c(=O)c(C(C)C)nc3cnc(Nc4cc(C)c(N5CCN(C)CC5)cc4OC)nc32)c1. The molecule has 2 aromatic heterocycles. The minimum absolute atomic E-state index is 0.124. The molecule has 1 fully saturated rings. The van der Waals surface area contributed by atoms with Crippen LogP contribution in [0, 0.1) is 6.92 Å². The van der Waals surface area contributed by atoms with Crippen LogP contribution in [0.2, 0.25) is 0 Å². The van der Waals surface area contributed by atoms with Gasteiger partial charge >= 0.3 is 0 Å². The number of carbonyl (C=O) groups is 1. The molecular formula is C31H36N8O3. The zero-order valence-corrected chi connectivity index (χ0v) is 24.6. The molecule has 1 aliphatic heterocycles. The molecule has 1 aliphatic rings. The van der Waals surface area contributed by atoms with E-state index in [-0.39, 0.29) is 23.3 Å². The average Bonchev–Trinajstić information content (AvgIpc) is 2.97. The van der Waals surface area contributed by atoms with Crippen LogP contribution in [0.1, 0.15) is 31.0 Å². The van der Waals surface area contributed by atoms with Crippen molar-refractivity contribution in [2.45, 2.75) is 26.7 Å². The van der Waals surface area contributed by atoms with Crippen molar-refractivity contribution in [2.24, 2.45) is 0 Å². The molecule has 2 aromatic carbocycles. The van der Waals surface area contributed by atoms with Gasteiger partial charge in [-0.3, -0.25) is 14.2 Å². The van der Waals surface area contributed by atoms with Gasteiger partial charge in [-0.2, -0.15) is 4.98 Å². The molecule has 2 N–H and O–H groups in total. The van der Waals surface area contributed by atoms with Gasteiger partial charge in [0, 0.05) is 49.5 Å². The summed E-state index contributed by atoms with van der Waals surface area (Å²) in [5.41, 5.74) is 4.90. The Morgan fingerprint density at radius 1 is 1.12 bits per heavy atom. The van der Waals surface area contributed by atoms with Crippen molar-refractivity contribution in [3.8, 4) is 11.4 Å². The minimum atomic E-state index is -0.348. The number of hydrogen-bond acceptors (Lipinski definition) is 9. The first-order valence-electron chi connectivity index (χ1n) is 13.9. The maximum Gasteiger partial charge on any atom is 0.278 e. The zero-order chi connectivity index (χ0) is 30.0. The second-order valence-electron chi connectivity index (χ2n) is 10.7. The Balaban J connectivity index is 1.57. The van der Waals surface area contributed by atoms with E-state index in [1.807, 2.05) is 26.0 Å². The number of amides is 1. The molecule has 0 saturated carbocycles. The normalized spacial score (nSPS) is 13.8. The Morgan fingerprint density at radius 3 is 2.57 bits per heavy atom. The molecule has 0 aliphatic carbocycles.